The summed E-state index contributed by atoms with van der Waals surface area (Å²) in [5.41, 5.74) is 14.6. The number of carbonyl (C=O) groups excluding carboxylic acids is 10. The van der Waals surface area contributed by atoms with E-state index in [1.807, 2.05) is 136 Å². The maximum Gasteiger partial charge on any atom is 0.303 e. The van der Waals surface area contributed by atoms with Crippen LogP contribution in [-0.2, 0) is 76.3 Å². The van der Waals surface area contributed by atoms with Gasteiger partial charge in [0.15, 0.2) is 24.4 Å². The zero-order valence-corrected chi connectivity index (χ0v) is 51.6. The van der Waals surface area contributed by atoms with E-state index in [9.17, 15) is 38.4 Å². The van der Waals surface area contributed by atoms with Crippen molar-refractivity contribution in [1.29, 1.82) is 0 Å². The standard InChI is InChI=1S/C42H48I6N4O18/c1-17(53)63-11-9-51(13-25(67-21(5)57)27(69-23(7)59)15-65-19(3)55)41(61)31-33(43)29(35(45)39(49)37(31)47)30-34(44)32(38(48)40(50)36(30)46)42(62)52(10-12-64-18(2)54)14-26(68-22(6)58)28(70-24(8)60)16-66-20(4)56/h25-28H,9-16,49-50H2,1-8H3. The fourth-order valence-electron chi connectivity index (χ4n) is 6.23. The SMILES string of the molecule is CC(=O)OCCN(CC(OC(C)=O)C(COC(C)=O)OC(C)=O)C(=O)c1c(I)c(N)c(I)c(-c2c(I)c(N)c(I)c(C(=O)N(CCOC(C)=O)CC(OC(C)=O)C(COC(C)=O)OC(C)=O)c2I)c1I. The monoisotopic (exact) mass is 1660 g/mol. The molecule has 2 aromatic rings. The van der Waals surface area contributed by atoms with Crippen LogP contribution in [0.1, 0.15) is 76.1 Å². The van der Waals surface area contributed by atoms with Crippen molar-refractivity contribution in [2.24, 2.45) is 0 Å². The third kappa shape index (κ3) is 18.9. The van der Waals surface area contributed by atoms with Gasteiger partial charge in [-0.25, -0.2) is 0 Å². The van der Waals surface area contributed by atoms with E-state index in [1.165, 1.54) is 23.6 Å². The molecular weight excluding hydrogens is 1610 g/mol. The molecule has 0 radical (unpaired) electrons. The summed E-state index contributed by atoms with van der Waals surface area (Å²) in [7, 11) is 0. The Morgan fingerprint density at radius 1 is 0.400 bits per heavy atom. The van der Waals surface area contributed by atoms with E-state index < -0.39 is 110 Å². The summed E-state index contributed by atoms with van der Waals surface area (Å²) < 4.78 is 44.5. The molecule has 0 aliphatic heterocycles. The van der Waals surface area contributed by atoms with Crippen molar-refractivity contribution in [1.82, 2.24) is 9.80 Å². The van der Waals surface area contributed by atoms with Gasteiger partial charge >= 0.3 is 47.8 Å². The first kappa shape index (κ1) is 63.2. The molecule has 0 spiro atoms. The zero-order chi connectivity index (χ0) is 53.5. The van der Waals surface area contributed by atoms with Gasteiger partial charge in [0, 0.05) is 80.8 Å². The molecule has 22 nitrogen and oxygen atoms in total. The highest BCUT2D eigenvalue weighted by Gasteiger charge is 2.38. The average Bonchev–Trinajstić information content (AvgIpc) is 3.23. The minimum atomic E-state index is -1.42. The second-order valence-corrected chi connectivity index (χ2v) is 21.1. The summed E-state index contributed by atoms with van der Waals surface area (Å²) >= 11 is 11.7. The topological polar surface area (TPSA) is 303 Å². The van der Waals surface area contributed by atoms with Crippen LogP contribution in [0, 0.1) is 21.4 Å². The number of anilines is 2. The second-order valence-electron chi connectivity index (χ2n) is 14.6. The van der Waals surface area contributed by atoms with E-state index >= 15 is 9.59 Å². The summed E-state index contributed by atoms with van der Waals surface area (Å²) in [6.07, 6.45) is -5.62. The van der Waals surface area contributed by atoms with Crippen molar-refractivity contribution in [3.8, 4) is 11.1 Å². The Hall–Kier alpha value is -2.88. The Bertz CT molecular complexity index is 2230. The number of nitrogens with two attached hydrogens (primary N) is 2. The van der Waals surface area contributed by atoms with Crippen LogP contribution in [0.25, 0.3) is 11.1 Å². The molecule has 4 N–H and O–H groups in total. The summed E-state index contributed by atoms with van der Waals surface area (Å²) in [6, 6.07) is 0. The molecule has 4 atom stereocenters. The number of rotatable bonds is 23. The van der Waals surface area contributed by atoms with Gasteiger partial charge in [-0.2, -0.15) is 0 Å². The van der Waals surface area contributed by atoms with Gasteiger partial charge in [-0.3, -0.25) is 47.9 Å². The molecule has 70 heavy (non-hydrogen) atoms. The number of halogens is 6. The van der Waals surface area contributed by atoms with E-state index in [0.29, 0.717) is 25.4 Å². The highest BCUT2D eigenvalue weighted by atomic mass is 127. The summed E-state index contributed by atoms with van der Waals surface area (Å²) in [5.74, 6) is -7.51. The molecule has 0 saturated carbocycles. The predicted molar refractivity (Wildman–Crippen MR) is 298 cm³/mol. The van der Waals surface area contributed by atoms with Crippen molar-refractivity contribution in [3.63, 3.8) is 0 Å². The van der Waals surface area contributed by atoms with Gasteiger partial charge in [0.25, 0.3) is 11.8 Å². The number of nitrogen functional groups attached to an aromatic ring is 2. The molecule has 0 fully saturated rings. The Balaban J connectivity index is 3.04. The van der Waals surface area contributed by atoms with E-state index in [1.54, 1.807) is 0 Å². The number of hydrogen-bond acceptors (Lipinski definition) is 20. The molecule has 0 aliphatic carbocycles. The lowest BCUT2D eigenvalue weighted by atomic mass is 9.98. The summed E-state index contributed by atoms with van der Waals surface area (Å²) in [5, 5.41) is 0. The lowest BCUT2D eigenvalue weighted by Crippen LogP contribution is -2.48. The first-order valence-corrected chi connectivity index (χ1v) is 26.7. The number of ether oxygens (including phenoxy) is 8. The quantitative estimate of drug-likeness (QED) is 0.0639. The van der Waals surface area contributed by atoms with E-state index in [2.05, 4.69) is 0 Å². The largest absolute Gasteiger partial charge is 0.464 e. The molecular formula is C42H48I6N4O18. The minimum absolute atomic E-state index is 0.0238. The molecule has 4 unspecified atom stereocenters. The summed E-state index contributed by atoms with van der Waals surface area (Å²) in [4.78, 5) is 129. The third-order valence-corrected chi connectivity index (χ3v) is 15.7. The smallest absolute Gasteiger partial charge is 0.303 e. The van der Waals surface area contributed by atoms with Crippen LogP contribution < -0.4 is 11.5 Å². The second kappa shape index (κ2) is 29.7. The predicted octanol–water partition coefficient (Wildman–Crippen LogP) is 5.01. The fourth-order valence-corrected chi connectivity index (χ4v) is 14.6. The third-order valence-electron chi connectivity index (χ3n) is 9.09. The average molecular weight is 1660 g/mol. The maximum atomic E-state index is 15.1. The van der Waals surface area contributed by atoms with Crippen molar-refractivity contribution < 1.29 is 85.8 Å². The van der Waals surface area contributed by atoms with Crippen molar-refractivity contribution >= 4 is 206 Å². The lowest BCUT2D eigenvalue weighted by Gasteiger charge is -2.32. The molecule has 28 heteroatoms. The number of carbonyl (C=O) groups is 10. The van der Waals surface area contributed by atoms with Crippen molar-refractivity contribution in [3.05, 3.63) is 32.5 Å². The van der Waals surface area contributed by atoms with Crippen LogP contribution in [0.15, 0.2) is 0 Å². The first-order valence-electron chi connectivity index (χ1n) is 20.2. The molecule has 2 amide bonds. The van der Waals surface area contributed by atoms with E-state index in [0.717, 1.165) is 41.5 Å². The lowest BCUT2D eigenvalue weighted by molar-refractivity contribution is -0.174. The number of amides is 2. The Labute approximate surface area is 484 Å². The van der Waals surface area contributed by atoms with Crippen LogP contribution >= 0.6 is 136 Å². The van der Waals surface area contributed by atoms with Gasteiger partial charge in [-0.05, 0) is 136 Å². The van der Waals surface area contributed by atoms with Gasteiger partial charge in [0.1, 0.15) is 26.4 Å². The zero-order valence-electron chi connectivity index (χ0n) is 38.6. The molecule has 2 aromatic carbocycles. The number of esters is 8. The number of nitrogens with zero attached hydrogens (tertiary/aromatic N) is 2. The van der Waals surface area contributed by atoms with Crippen LogP contribution in [0.3, 0.4) is 0 Å². The minimum Gasteiger partial charge on any atom is -0.464 e. The molecule has 0 bridgehead atoms. The van der Waals surface area contributed by atoms with Crippen LogP contribution in [-0.4, -0.2) is 146 Å². The molecule has 0 aromatic heterocycles. The van der Waals surface area contributed by atoms with Gasteiger partial charge in [0.2, 0.25) is 0 Å². The molecule has 2 rings (SSSR count). The number of benzene rings is 2. The molecule has 386 valence electrons. The Morgan fingerprint density at radius 3 is 0.929 bits per heavy atom. The van der Waals surface area contributed by atoms with Gasteiger partial charge in [-0.15, -0.1) is 0 Å². The summed E-state index contributed by atoms with van der Waals surface area (Å²) in [6.45, 7) is 5.63. The normalized spacial score (nSPS) is 12.5. The Morgan fingerprint density at radius 2 is 0.671 bits per heavy atom. The van der Waals surface area contributed by atoms with Crippen molar-refractivity contribution in [2.75, 3.05) is 64.1 Å². The Kier molecular flexibility index (Phi) is 26.9. The molecule has 0 heterocycles. The first-order chi connectivity index (χ1) is 32.5. The van der Waals surface area contributed by atoms with Crippen LogP contribution in [0.4, 0.5) is 11.4 Å². The van der Waals surface area contributed by atoms with Crippen molar-refractivity contribution in [2.45, 2.75) is 79.8 Å². The van der Waals surface area contributed by atoms with Crippen LogP contribution in [0.2, 0.25) is 0 Å². The number of hydrogen-bond donors (Lipinski definition) is 2. The molecule has 0 saturated heterocycles. The van der Waals surface area contributed by atoms with Gasteiger partial charge in [-0.1, -0.05) is 0 Å². The maximum absolute atomic E-state index is 15.1. The van der Waals surface area contributed by atoms with E-state index in [-0.39, 0.29) is 55.9 Å². The highest BCUT2D eigenvalue weighted by Crippen LogP contribution is 2.47. The van der Waals surface area contributed by atoms with E-state index in [4.69, 9.17) is 49.4 Å². The fraction of sp³-hybridized carbons (Fsp3) is 0.476. The van der Waals surface area contributed by atoms with Crippen LogP contribution in [0.5, 0.6) is 0 Å². The van der Waals surface area contributed by atoms with Gasteiger partial charge in [0.05, 0.1) is 55.8 Å². The molecule has 0 aliphatic rings. The highest BCUT2D eigenvalue weighted by molar-refractivity contribution is 14.1. The van der Waals surface area contributed by atoms with Gasteiger partial charge < -0.3 is 59.2 Å².